The summed E-state index contributed by atoms with van der Waals surface area (Å²) in [6.07, 6.45) is 0. The van der Waals surface area contributed by atoms with E-state index in [1.54, 1.807) is 43.3 Å². The number of aliphatic hydroxyl groups is 1. The summed E-state index contributed by atoms with van der Waals surface area (Å²) in [7, 11) is 5.08. The topological polar surface area (TPSA) is 61.8 Å². The summed E-state index contributed by atoms with van der Waals surface area (Å²) in [5.41, 5.74) is 1.62. The molecule has 0 aromatic heterocycles. The molecule has 1 amide bonds. The van der Waals surface area contributed by atoms with Gasteiger partial charge in [0.15, 0.2) is 0 Å². The molecule has 5 nitrogen and oxygen atoms in total. The van der Waals surface area contributed by atoms with E-state index in [0.29, 0.717) is 22.7 Å². The Hall–Kier alpha value is -2.60. The summed E-state index contributed by atoms with van der Waals surface area (Å²) in [6.45, 7) is -0.223. The van der Waals surface area contributed by atoms with Crippen LogP contribution in [0.2, 0.25) is 0 Å². The minimum Gasteiger partial charge on any atom is -0.496 e. The van der Waals surface area contributed by atoms with Crippen molar-refractivity contribution in [2.45, 2.75) is 6.61 Å². The second-order valence-electron chi connectivity index (χ2n) is 5.20. The number of ether oxygens (including phenoxy) is 1. The molecule has 122 valence electrons. The van der Waals surface area contributed by atoms with Gasteiger partial charge in [-0.2, -0.15) is 0 Å². The summed E-state index contributed by atoms with van der Waals surface area (Å²) in [4.78, 5) is 14.0. The second kappa shape index (κ2) is 7.11. The Balaban J connectivity index is 2.22. The van der Waals surface area contributed by atoms with Gasteiger partial charge in [-0.25, -0.2) is 4.39 Å². The quantitative estimate of drug-likeness (QED) is 0.890. The Morgan fingerprint density at radius 3 is 2.57 bits per heavy atom. The van der Waals surface area contributed by atoms with Crippen molar-refractivity contribution < 1.29 is 19.0 Å². The molecule has 0 aliphatic carbocycles. The molecule has 0 heterocycles. The molecule has 2 N–H and O–H groups in total. The van der Waals surface area contributed by atoms with Crippen molar-refractivity contribution in [3.63, 3.8) is 0 Å². The second-order valence-corrected chi connectivity index (χ2v) is 5.20. The minimum absolute atomic E-state index is 0.0445. The molecule has 0 fully saturated rings. The van der Waals surface area contributed by atoms with E-state index in [0.717, 1.165) is 0 Å². The number of nitrogens with one attached hydrogen (secondary N) is 1. The van der Waals surface area contributed by atoms with E-state index >= 15 is 0 Å². The van der Waals surface area contributed by atoms with Crippen LogP contribution < -0.4 is 15.0 Å². The standard InChI is InChI=1S/C17H19FN2O3/c1-20(2)13-5-6-14(15(18)9-13)17(22)19-12-4-7-16(23-3)11(8-12)10-21/h4-9,21H,10H2,1-3H3,(H,19,22). The maximum absolute atomic E-state index is 14.1. The number of hydrogen-bond donors (Lipinski definition) is 2. The molecular formula is C17H19FN2O3. The van der Waals surface area contributed by atoms with Crippen LogP contribution in [0, 0.1) is 5.82 Å². The first-order chi connectivity index (χ1) is 11.0. The lowest BCUT2D eigenvalue weighted by molar-refractivity contribution is 0.102. The molecule has 0 spiro atoms. The number of hydrogen-bond acceptors (Lipinski definition) is 4. The van der Waals surface area contributed by atoms with Crippen molar-refractivity contribution in [1.29, 1.82) is 0 Å². The van der Waals surface area contributed by atoms with Crippen LogP contribution in [-0.4, -0.2) is 32.2 Å². The molecule has 0 bridgehead atoms. The van der Waals surface area contributed by atoms with Crippen molar-refractivity contribution in [3.05, 3.63) is 53.3 Å². The summed E-state index contributed by atoms with van der Waals surface area (Å²) in [5.74, 6) is -0.626. The molecule has 0 unspecified atom stereocenters. The third-order valence-corrected chi connectivity index (χ3v) is 3.42. The number of methoxy groups -OCH3 is 1. The number of anilines is 2. The molecule has 2 aromatic carbocycles. The third-order valence-electron chi connectivity index (χ3n) is 3.42. The van der Waals surface area contributed by atoms with Gasteiger partial charge >= 0.3 is 0 Å². The predicted octanol–water partition coefficient (Wildman–Crippen LogP) is 2.64. The van der Waals surface area contributed by atoms with Gasteiger partial charge in [0.25, 0.3) is 5.91 Å². The SMILES string of the molecule is COc1ccc(NC(=O)c2ccc(N(C)C)cc2F)cc1CO. The fourth-order valence-electron chi connectivity index (χ4n) is 2.14. The number of nitrogens with zero attached hydrogens (tertiary/aromatic N) is 1. The first-order valence-electron chi connectivity index (χ1n) is 7.02. The highest BCUT2D eigenvalue weighted by atomic mass is 19.1. The van der Waals surface area contributed by atoms with Crippen molar-refractivity contribution in [2.75, 3.05) is 31.4 Å². The fourth-order valence-corrected chi connectivity index (χ4v) is 2.14. The minimum atomic E-state index is -0.593. The highest BCUT2D eigenvalue weighted by Gasteiger charge is 2.14. The van der Waals surface area contributed by atoms with Gasteiger partial charge in [-0.3, -0.25) is 4.79 Å². The van der Waals surface area contributed by atoms with Gasteiger partial charge in [-0.05, 0) is 36.4 Å². The fraction of sp³-hybridized carbons (Fsp3) is 0.235. The smallest absolute Gasteiger partial charge is 0.258 e. The van der Waals surface area contributed by atoms with E-state index in [2.05, 4.69) is 5.32 Å². The maximum Gasteiger partial charge on any atom is 0.258 e. The van der Waals surface area contributed by atoms with Crippen molar-refractivity contribution in [2.24, 2.45) is 0 Å². The average molecular weight is 318 g/mol. The Morgan fingerprint density at radius 1 is 1.26 bits per heavy atom. The van der Waals surface area contributed by atoms with E-state index in [-0.39, 0.29) is 12.2 Å². The summed E-state index contributed by atoms with van der Waals surface area (Å²) < 4.78 is 19.2. The Morgan fingerprint density at radius 2 is 2.00 bits per heavy atom. The first kappa shape index (κ1) is 16.8. The molecule has 23 heavy (non-hydrogen) atoms. The van der Waals surface area contributed by atoms with E-state index in [1.807, 2.05) is 0 Å². The molecule has 6 heteroatoms. The number of halogens is 1. The number of aliphatic hydroxyl groups excluding tert-OH is 1. The Kier molecular flexibility index (Phi) is 5.18. The van der Waals surface area contributed by atoms with Gasteiger partial charge in [-0.15, -0.1) is 0 Å². The van der Waals surface area contributed by atoms with Crippen molar-refractivity contribution in [1.82, 2.24) is 0 Å². The van der Waals surface area contributed by atoms with Gasteiger partial charge in [0.1, 0.15) is 11.6 Å². The van der Waals surface area contributed by atoms with Crippen LogP contribution in [0.3, 0.4) is 0 Å². The van der Waals surface area contributed by atoms with Gasteiger partial charge in [0.2, 0.25) is 0 Å². The highest BCUT2D eigenvalue weighted by Crippen LogP contribution is 2.24. The molecule has 0 atom stereocenters. The van der Waals surface area contributed by atoms with Crippen molar-refractivity contribution in [3.8, 4) is 5.75 Å². The molecule has 0 aliphatic heterocycles. The Bertz CT molecular complexity index is 717. The third kappa shape index (κ3) is 3.78. The zero-order valence-corrected chi connectivity index (χ0v) is 13.3. The van der Waals surface area contributed by atoms with Crippen LogP contribution in [0.15, 0.2) is 36.4 Å². The van der Waals surface area contributed by atoms with E-state index in [4.69, 9.17) is 4.74 Å². The van der Waals surface area contributed by atoms with Crippen LogP contribution in [0.25, 0.3) is 0 Å². The number of amides is 1. The van der Waals surface area contributed by atoms with E-state index < -0.39 is 11.7 Å². The van der Waals surface area contributed by atoms with Gasteiger partial charge in [-0.1, -0.05) is 0 Å². The predicted molar refractivity (Wildman–Crippen MR) is 87.6 cm³/mol. The van der Waals surface area contributed by atoms with Gasteiger partial charge in [0.05, 0.1) is 19.3 Å². The average Bonchev–Trinajstić information content (AvgIpc) is 2.54. The summed E-state index contributed by atoms with van der Waals surface area (Å²) in [5, 5.41) is 11.9. The first-order valence-corrected chi connectivity index (χ1v) is 7.02. The lowest BCUT2D eigenvalue weighted by Crippen LogP contribution is -2.15. The largest absolute Gasteiger partial charge is 0.496 e. The maximum atomic E-state index is 14.1. The number of carbonyl (C=O) groups is 1. The van der Waals surface area contributed by atoms with Crippen LogP contribution in [0.1, 0.15) is 15.9 Å². The lowest BCUT2D eigenvalue weighted by Gasteiger charge is -2.14. The molecule has 0 saturated heterocycles. The number of rotatable bonds is 5. The monoisotopic (exact) mass is 318 g/mol. The highest BCUT2D eigenvalue weighted by molar-refractivity contribution is 6.04. The van der Waals surface area contributed by atoms with Gasteiger partial charge in [0, 0.05) is 31.0 Å². The van der Waals surface area contributed by atoms with Crippen LogP contribution in [0.4, 0.5) is 15.8 Å². The van der Waals surface area contributed by atoms with Crippen LogP contribution in [0.5, 0.6) is 5.75 Å². The van der Waals surface area contributed by atoms with Crippen LogP contribution in [-0.2, 0) is 6.61 Å². The Labute approximate surface area is 134 Å². The molecule has 0 aliphatic rings. The van der Waals surface area contributed by atoms with E-state index in [1.165, 1.54) is 19.2 Å². The number of carbonyl (C=O) groups excluding carboxylic acids is 1. The number of benzene rings is 2. The van der Waals surface area contributed by atoms with E-state index in [9.17, 15) is 14.3 Å². The summed E-state index contributed by atoms with van der Waals surface area (Å²) >= 11 is 0. The zero-order chi connectivity index (χ0) is 17.0. The normalized spacial score (nSPS) is 10.3. The molecule has 0 saturated carbocycles. The summed E-state index contributed by atoms with van der Waals surface area (Å²) in [6, 6.07) is 9.27. The molecular weight excluding hydrogens is 299 g/mol. The van der Waals surface area contributed by atoms with Crippen molar-refractivity contribution >= 4 is 17.3 Å². The molecule has 2 aromatic rings. The molecule has 0 radical (unpaired) electrons. The van der Waals surface area contributed by atoms with Gasteiger partial charge < -0.3 is 20.1 Å². The van der Waals surface area contributed by atoms with Crippen LogP contribution >= 0.6 is 0 Å². The molecule has 2 rings (SSSR count). The lowest BCUT2D eigenvalue weighted by atomic mass is 10.1. The zero-order valence-electron chi connectivity index (χ0n) is 13.3.